The van der Waals surface area contributed by atoms with E-state index in [4.69, 9.17) is 4.74 Å². The molecule has 1 amide bonds. The summed E-state index contributed by atoms with van der Waals surface area (Å²) in [5.74, 6) is 1.02. The summed E-state index contributed by atoms with van der Waals surface area (Å²) in [4.78, 5) is 21.2. The van der Waals surface area contributed by atoms with Crippen molar-refractivity contribution in [1.29, 1.82) is 0 Å². The lowest BCUT2D eigenvalue weighted by molar-refractivity contribution is -0.127. The first-order valence-electron chi connectivity index (χ1n) is 10.1. The van der Waals surface area contributed by atoms with Crippen molar-refractivity contribution in [2.24, 2.45) is 21.3 Å². The summed E-state index contributed by atoms with van der Waals surface area (Å²) in [6.07, 6.45) is 13.3. The minimum absolute atomic E-state index is 0.136. The smallest absolute Gasteiger partial charge is 0.302 e. The second-order valence-corrected chi connectivity index (χ2v) is 8.27. The Labute approximate surface area is 174 Å². The number of rotatable bonds is 3. The second kappa shape index (κ2) is 7.09. The molecule has 30 heavy (non-hydrogen) atoms. The number of carbonyl (C=O) groups is 1. The van der Waals surface area contributed by atoms with Gasteiger partial charge in [-0.05, 0) is 43.0 Å². The molecule has 3 aliphatic rings. The number of ether oxygens (including phenoxy) is 1. The number of benzene rings is 1. The molecule has 2 aliphatic heterocycles. The van der Waals surface area contributed by atoms with Crippen LogP contribution in [0.4, 0.5) is 0 Å². The van der Waals surface area contributed by atoms with E-state index < -0.39 is 5.41 Å². The molecule has 2 aromatic rings. The number of nitrogens with zero attached hydrogens (tertiary/aromatic N) is 4. The van der Waals surface area contributed by atoms with Gasteiger partial charge in [0.15, 0.2) is 0 Å². The number of hydrogen-bond donors (Lipinski definition) is 1. The predicted molar refractivity (Wildman–Crippen MR) is 116 cm³/mol. The molecule has 3 heterocycles. The van der Waals surface area contributed by atoms with E-state index in [1.807, 2.05) is 36.0 Å². The van der Waals surface area contributed by atoms with E-state index in [0.717, 1.165) is 23.9 Å². The number of amidine groups is 1. The largest absolute Gasteiger partial charge is 0.426 e. The van der Waals surface area contributed by atoms with E-state index in [1.54, 1.807) is 12.4 Å². The second-order valence-electron chi connectivity index (χ2n) is 8.27. The van der Waals surface area contributed by atoms with Crippen molar-refractivity contribution < 1.29 is 9.53 Å². The van der Waals surface area contributed by atoms with Crippen LogP contribution in [0, 0.1) is 11.3 Å². The Kier molecular flexibility index (Phi) is 4.38. The Morgan fingerprint density at radius 1 is 1.37 bits per heavy atom. The molecule has 2 unspecified atom stereocenters. The lowest BCUT2D eigenvalue weighted by Gasteiger charge is -2.32. The number of amides is 1. The van der Waals surface area contributed by atoms with Crippen molar-refractivity contribution in [2.45, 2.75) is 33.2 Å². The third kappa shape index (κ3) is 3.26. The fourth-order valence-electron chi connectivity index (χ4n) is 3.99. The van der Waals surface area contributed by atoms with Crippen LogP contribution in [-0.2, 0) is 11.3 Å². The number of allylic oxidation sites excluding steroid dienone is 4. The third-order valence-electron chi connectivity index (χ3n) is 5.85. The van der Waals surface area contributed by atoms with Crippen LogP contribution in [-0.4, -0.2) is 27.9 Å². The third-order valence-corrected chi connectivity index (χ3v) is 5.85. The van der Waals surface area contributed by atoms with E-state index >= 15 is 0 Å². The summed E-state index contributed by atoms with van der Waals surface area (Å²) in [5.41, 5.74) is 2.32. The SMILES string of the molecule is CC1C=CC=C(Cn2ncc3cc(OC4=NC5=CN=CCC5(C)C(=O)N4)ccc32)C1. The van der Waals surface area contributed by atoms with Gasteiger partial charge in [-0.3, -0.25) is 19.8 Å². The maximum absolute atomic E-state index is 12.6. The highest BCUT2D eigenvalue weighted by Crippen LogP contribution is 2.36. The monoisotopic (exact) mass is 401 g/mol. The molecule has 0 spiro atoms. The van der Waals surface area contributed by atoms with Crippen molar-refractivity contribution in [3.05, 3.63) is 60.1 Å². The van der Waals surface area contributed by atoms with Gasteiger partial charge in [0.25, 0.3) is 0 Å². The number of hydrogen-bond acceptors (Lipinski definition) is 5. The number of aliphatic imine (C=N–C) groups is 2. The van der Waals surface area contributed by atoms with Crippen LogP contribution in [0.25, 0.3) is 10.9 Å². The van der Waals surface area contributed by atoms with E-state index in [0.29, 0.717) is 23.8 Å². The van der Waals surface area contributed by atoms with E-state index in [-0.39, 0.29) is 11.9 Å². The van der Waals surface area contributed by atoms with Crippen LogP contribution in [0.1, 0.15) is 26.7 Å². The van der Waals surface area contributed by atoms with Gasteiger partial charge in [-0.1, -0.05) is 25.2 Å². The van der Waals surface area contributed by atoms with Crippen molar-refractivity contribution in [3.63, 3.8) is 0 Å². The molecule has 0 fully saturated rings. The van der Waals surface area contributed by atoms with E-state index in [9.17, 15) is 4.79 Å². The Morgan fingerprint density at radius 2 is 2.27 bits per heavy atom. The highest BCUT2D eigenvalue weighted by Gasteiger charge is 2.42. The molecule has 1 aromatic heterocycles. The molecule has 0 saturated heterocycles. The van der Waals surface area contributed by atoms with Crippen molar-refractivity contribution in [1.82, 2.24) is 15.1 Å². The minimum atomic E-state index is -0.694. The maximum Gasteiger partial charge on any atom is 0.302 e. The molecule has 1 N–H and O–H groups in total. The molecule has 2 atom stereocenters. The van der Waals surface area contributed by atoms with Crippen molar-refractivity contribution in [3.8, 4) is 5.75 Å². The fraction of sp³-hybridized carbons (Fsp3) is 0.304. The van der Waals surface area contributed by atoms with E-state index in [2.05, 4.69) is 45.6 Å². The summed E-state index contributed by atoms with van der Waals surface area (Å²) in [5, 5.41) is 8.29. The zero-order valence-electron chi connectivity index (χ0n) is 17.0. The normalized spacial score (nSPS) is 25.3. The van der Waals surface area contributed by atoms with Crippen LogP contribution in [0.5, 0.6) is 5.75 Å². The topological polar surface area (TPSA) is 80.9 Å². The Bertz CT molecular complexity index is 1180. The van der Waals surface area contributed by atoms with Crippen LogP contribution in [0.2, 0.25) is 0 Å². The molecule has 7 nitrogen and oxygen atoms in total. The van der Waals surface area contributed by atoms with Gasteiger partial charge in [0.05, 0.1) is 29.4 Å². The van der Waals surface area contributed by atoms with Gasteiger partial charge in [-0.2, -0.15) is 10.1 Å². The number of nitrogens with one attached hydrogen (secondary N) is 1. The Morgan fingerprint density at radius 3 is 3.13 bits per heavy atom. The quantitative estimate of drug-likeness (QED) is 0.851. The number of aromatic nitrogens is 2. The molecule has 7 heteroatoms. The first-order valence-corrected chi connectivity index (χ1v) is 10.1. The average molecular weight is 401 g/mol. The fourth-order valence-corrected chi connectivity index (χ4v) is 3.99. The summed E-state index contributed by atoms with van der Waals surface area (Å²) < 4.78 is 7.88. The summed E-state index contributed by atoms with van der Waals surface area (Å²) >= 11 is 0. The molecule has 0 radical (unpaired) electrons. The molecule has 0 bridgehead atoms. The van der Waals surface area contributed by atoms with Gasteiger partial charge in [0, 0.05) is 24.2 Å². The molecule has 152 valence electrons. The molecule has 5 rings (SSSR count). The molecule has 1 aliphatic carbocycles. The maximum atomic E-state index is 12.6. The molecule has 0 saturated carbocycles. The first-order chi connectivity index (χ1) is 14.5. The minimum Gasteiger partial charge on any atom is -0.426 e. The van der Waals surface area contributed by atoms with Crippen LogP contribution in [0.15, 0.2) is 70.1 Å². The van der Waals surface area contributed by atoms with Gasteiger partial charge in [-0.25, -0.2) is 0 Å². The van der Waals surface area contributed by atoms with Gasteiger partial charge in [0.2, 0.25) is 5.91 Å². The lowest BCUT2D eigenvalue weighted by atomic mass is 9.81. The Balaban J connectivity index is 1.37. The van der Waals surface area contributed by atoms with Gasteiger partial charge < -0.3 is 4.74 Å². The van der Waals surface area contributed by atoms with Crippen LogP contribution >= 0.6 is 0 Å². The van der Waals surface area contributed by atoms with Crippen LogP contribution in [0.3, 0.4) is 0 Å². The van der Waals surface area contributed by atoms with Crippen LogP contribution < -0.4 is 10.1 Å². The zero-order chi connectivity index (χ0) is 20.7. The Hall–Kier alpha value is -3.48. The van der Waals surface area contributed by atoms with Crippen molar-refractivity contribution in [2.75, 3.05) is 0 Å². The zero-order valence-corrected chi connectivity index (χ0v) is 17.0. The molecular formula is C23H23N5O2. The predicted octanol–water partition coefficient (Wildman–Crippen LogP) is 3.75. The summed E-state index contributed by atoms with van der Waals surface area (Å²) in [6.45, 7) is 4.85. The standard InChI is InChI=1S/C23H23N5O2/c1-15-4-3-5-16(10-15)14-28-19-7-6-18(11-17(19)12-25-28)30-22-26-20-13-24-9-8-23(20,2)21(29)27-22/h3-7,9,11-13,15H,8,10,14H2,1-2H3,(H,26,27,29). The van der Waals surface area contributed by atoms with Gasteiger partial charge in [0.1, 0.15) is 5.75 Å². The number of fused-ring (bicyclic) bond motifs is 2. The molecular weight excluding hydrogens is 378 g/mol. The number of carbonyl (C=O) groups excluding carboxylic acids is 1. The van der Waals surface area contributed by atoms with E-state index in [1.165, 1.54) is 5.57 Å². The summed E-state index contributed by atoms with van der Waals surface area (Å²) in [7, 11) is 0. The van der Waals surface area contributed by atoms with Gasteiger partial charge in [-0.15, -0.1) is 0 Å². The lowest BCUT2D eigenvalue weighted by Crippen LogP contribution is -2.49. The van der Waals surface area contributed by atoms with Gasteiger partial charge >= 0.3 is 6.02 Å². The molecule has 1 aromatic carbocycles. The van der Waals surface area contributed by atoms with Crippen molar-refractivity contribution >= 4 is 29.0 Å². The highest BCUT2D eigenvalue weighted by molar-refractivity contribution is 6.03. The average Bonchev–Trinajstić information content (AvgIpc) is 3.11. The highest BCUT2D eigenvalue weighted by atomic mass is 16.5. The summed E-state index contributed by atoms with van der Waals surface area (Å²) in [6, 6.07) is 5.93. The first kappa shape index (κ1) is 18.5.